The summed E-state index contributed by atoms with van der Waals surface area (Å²) in [4.78, 5) is 23.5. The van der Waals surface area contributed by atoms with E-state index >= 15 is 0 Å². The van der Waals surface area contributed by atoms with Gasteiger partial charge in [0.05, 0.1) is 59.8 Å². The summed E-state index contributed by atoms with van der Waals surface area (Å²) < 4.78 is 12.0. The molecule has 1 aromatic carbocycles. The van der Waals surface area contributed by atoms with Gasteiger partial charge in [0.15, 0.2) is 0 Å². The first kappa shape index (κ1) is 27.4. The zero-order valence-electron chi connectivity index (χ0n) is 24.3. The van der Waals surface area contributed by atoms with E-state index in [-0.39, 0.29) is 0 Å². The van der Waals surface area contributed by atoms with Crippen molar-refractivity contribution in [1.82, 2.24) is 24.9 Å². The molecule has 0 saturated carbocycles. The third-order valence-corrected chi connectivity index (χ3v) is 7.61. The SMILES string of the molecule is c1cc2cc(c1)-c1ccc(cn1)OCCCc1ccc(nc1)-c1cccc(n1)-c1ccc(cn1)CCCOc1ccc-2nc1. The second-order valence-corrected chi connectivity index (χ2v) is 10.8. The number of hydrogen-bond donors (Lipinski definition) is 0. The summed E-state index contributed by atoms with van der Waals surface area (Å²) in [5, 5.41) is 0. The molecule has 0 atom stereocenters. The normalized spacial score (nSPS) is 13.3. The molecule has 216 valence electrons. The number of benzene rings is 1. The topological polar surface area (TPSA) is 82.9 Å². The number of aromatic nitrogens is 5. The Morgan fingerprint density at radius 1 is 0.432 bits per heavy atom. The molecule has 0 aliphatic carbocycles. The summed E-state index contributed by atoms with van der Waals surface area (Å²) in [5.41, 5.74) is 9.46. The number of aryl methyl sites for hydroxylation is 2. The van der Waals surface area contributed by atoms with E-state index in [1.807, 2.05) is 73.1 Å². The Kier molecular flexibility index (Phi) is 7.99. The number of hydrogen-bond acceptors (Lipinski definition) is 7. The van der Waals surface area contributed by atoms with Gasteiger partial charge in [-0.15, -0.1) is 0 Å². The molecule has 5 aromatic heterocycles. The van der Waals surface area contributed by atoms with Gasteiger partial charge < -0.3 is 9.47 Å². The molecule has 12 bridgehead atoms. The van der Waals surface area contributed by atoms with E-state index in [1.54, 1.807) is 12.4 Å². The van der Waals surface area contributed by atoms with Crippen LogP contribution in [-0.4, -0.2) is 38.1 Å². The summed E-state index contributed by atoms with van der Waals surface area (Å²) >= 11 is 0. The zero-order chi connectivity index (χ0) is 29.6. The minimum absolute atomic E-state index is 0.596. The Hall–Kier alpha value is -5.43. The number of pyridine rings is 5. The Morgan fingerprint density at radius 3 is 1.36 bits per heavy atom. The van der Waals surface area contributed by atoms with Crippen LogP contribution >= 0.6 is 0 Å². The molecule has 12 heterocycles. The molecule has 44 heavy (non-hydrogen) atoms. The molecule has 0 unspecified atom stereocenters. The van der Waals surface area contributed by atoms with Crippen LogP contribution in [0.3, 0.4) is 0 Å². The van der Waals surface area contributed by atoms with Crippen LogP contribution in [0.5, 0.6) is 11.5 Å². The Bertz CT molecular complexity index is 1570. The zero-order valence-corrected chi connectivity index (χ0v) is 24.3. The molecule has 0 amide bonds. The lowest BCUT2D eigenvalue weighted by Gasteiger charge is -2.10. The van der Waals surface area contributed by atoms with Crippen LogP contribution < -0.4 is 9.47 Å². The Morgan fingerprint density at radius 2 is 0.909 bits per heavy atom. The maximum atomic E-state index is 5.98. The van der Waals surface area contributed by atoms with Crippen molar-refractivity contribution in [2.24, 2.45) is 0 Å². The predicted octanol–water partition coefficient (Wildman–Crippen LogP) is 7.67. The minimum Gasteiger partial charge on any atom is -0.492 e. The molecule has 7 aliphatic heterocycles. The molecule has 0 fully saturated rings. The minimum atomic E-state index is 0.596. The average Bonchev–Trinajstić information content (AvgIpc) is 3.09. The predicted molar refractivity (Wildman–Crippen MR) is 171 cm³/mol. The monoisotopic (exact) mass is 577 g/mol. The standard InChI is InChI=1S/C37H31N5O2/c1-7-28-21-29(8-1)33-18-14-31(25-41-33)44-20-4-6-27-12-16-35(39-23-27)37-10-2-9-36(42-37)34-15-11-26(22-38-34)5-3-19-43-30-13-17-32(28)40-24-30/h1-2,7-18,21-25H,3-6,19-20H2. The molecule has 7 nitrogen and oxygen atoms in total. The maximum Gasteiger partial charge on any atom is 0.137 e. The van der Waals surface area contributed by atoms with E-state index in [0.29, 0.717) is 13.2 Å². The van der Waals surface area contributed by atoms with Gasteiger partial charge in [0, 0.05) is 23.5 Å². The lowest BCUT2D eigenvalue weighted by Crippen LogP contribution is -2.01. The summed E-state index contributed by atoms with van der Waals surface area (Å²) in [6.45, 7) is 1.19. The second kappa shape index (κ2) is 12.8. The van der Waals surface area contributed by atoms with Crippen molar-refractivity contribution in [3.63, 3.8) is 0 Å². The van der Waals surface area contributed by atoms with Gasteiger partial charge in [-0.2, -0.15) is 0 Å². The largest absolute Gasteiger partial charge is 0.492 e. The third-order valence-electron chi connectivity index (χ3n) is 7.61. The van der Waals surface area contributed by atoms with Gasteiger partial charge in [-0.05, 0) is 91.4 Å². The van der Waals surface area contributed by atoms with Crippen molar-refractivity contribution < 1.29 is 9.47 Å². The molecule has 0 spiro atoms. The smallest absolute Gasteiger partial charge is 0.137 e. The van der Waals surface area contributed by atoms with Crippen LogP contribution in [0.2, 0.25) is 0 Å². The van der Waals surface area contributed by atoms with Crippen molar-refractivity contribution in [2.75, 3.05) is 13.2 Å². The maximum absolute atomic E-state index is 5.98. The summed E-state index contributed by atoms with van der Waals surface area (Å²) in [6.07, 6.45) is 10.9. The molecular weight excluding hydrogens is 546 g/mol. The van der Waals surface area contributed by atoms with Gasteiger partial charge in [0.25, 0.3) is 0 Å². The molecule has 7 aliphatic rings. The van der Waals surface area contributed by atoms with Crippen molar-refractivity contribution >= 4 is 0 Å². The molecule has 6 aromatic rings. The van der Waals surface area contributed by atoms with Gasteiger partial charge in [-0.3, -0.25) is 19.9 Å². The summed E-state index contributed by atoms with van der Waals surface area (Å²) in [5.74, 6) is 1.51. The van der Waals surface area contributed by atoms with Gasteiger partial charge in [0.2, 0.25) is 0 Å². The Labute approximate surface area is 256 Å². The van der Waals surface area contributed by atoms with Gasteiger partial charge in [-0.25, -0.2) is 4.98 Å². The average molecular weight is 578 g/mol. The molecule has 0 radical (unpaired) electrons. The quantitative estimate of drug-likeness (QED) is 0.183. The number of nitrogens with zero attached hydrogens (tertiary/aromatic N) is 5. The van der Waals surface area contributed by atoms with E-state index in [2.05, 4.69) is 40.3 Å². The first-order valence-electron chi connectivity index (χ1n) is 14.9. The van der Waals surface area contributed by atoms with E-state index in [1.165, 1.54) is 0 Å². The van der Waals surface area contributed by atoms with Crippen molar-refractivity contribution in [3.8, 4) is 56.8 Å². The number of rotatable bonds is 0. The Balaban J connectivity index is 1.12. The first-order valence-corrected chi connectivity index (χ1v) is 14.9. The van der Waals surface area contributed by atoms with Crippen molar-refractivity contribution in [1.29, 1.82) is 0 Å². The second-order valence-electron chi connectivity index (χ2n) is 10.8. The molecule has 0 N–H and O–H groups in total. The fraction of sp³-hybridized carbons (Fsp3) is 0.162. The van der Waals surface area contributed by atoms with Crippen LogP contribution in [-0.2, 0) is 12.8 Å². The highest BCUT2D eigenvalue weighted by Gasteiger charge is 2.09. The molecule has 7 heteroatoms. The van der Waals surface area contributed by atoms with E-state index in [0.717, 1.165) is 93.6 Å². The van der Waals surface area contributed by atoms with Crippen molar-refractivity contribution in [3.05, 3.63) is 127 Å². The third kappa shape index (κ3) is 6.47. The lowest BCUT2D eigenvalue weighted by molar-refractivity contribution is 0.310. The molecule has 13 rings (SSSR count). The van der Waals surface area contributed by atoms with Gasteiger partial charge in [-0.1, -0.05) is 36.4 Å². The lowest BCUT2D eigenvalue weighted by atomic mass is 10.0. The van der Waals surface area contributed by atoms with E-state index in [4.69, 9.17) is 24.4 Å². The van der Waals surface area contributed by atoms with Gasteiger partial charge >= 0.3 is 0 Å². The van der Waals surface area contributed by atoms with Crippen molar-refractivity contribution in [2.45, 2.75) is 25.7 Å². The van der Waals surface area contributed by atoms with Crippen LogP contribution in [0.15, 0.2) is 116 Å². The number of ether oxygens (including phenoxy) is 2. The van der Waals surface area contributed by atoms with E-state index in [9.17, 15) is 0 Å². The molecular formula is C37H31N5O2. The van der Waals surface area contributed by atoms with Crippen LogP contribution in [0.4, 0.5) is 0 Å². The van der Waals surface area contributed by atoms with Crippen LogP contribution in [0.25, 0.3) is 45.3 Å². The van der Waals surface area contributed by atoms with Crippen LogP contribution in [0, 0.1) is 0 Å². The fourth-order valence-corrected chi connectivity index (χ4v) is 5.21. The summed E-state index contributed by atoms with van der Waals surface area (Å²) in [7, 11) is 0. The highest BCUT2D eigenvalue weighted by molar-refractivity contribution is 5.69. The van der Waals surface area contributed by atoms with Gasteiger partial charge in [0.1, 0.15) is 11.5 Å². The fourth-order valence-electron chi connectivity index (χ4n) is 5.21. The molecule has 0 saturated heterocycles. The highest BCUT2D eigenvalue weighted by atomic mass is 16.5. The first-order chi connectivity index (χ1) is 21.8. The van der Waals surface area contributed by atoms with Crippen LogP contribution in [0.1, 0.15) is 24.0 Å². The highest BCUT2D eigenvalue weighted by Crippen LogP contribution is 2.27. The van der Waals surface area contributed by atoms with E-state index < -0.39 is 0 Å². The summed E-state index contributed by atoms with van der Waals surface area (Å²) in [6, 6.07) is 30.4.